The molecule has 0 amide bonds. The third-order valence-electron chi connectivity index (χ3n) is 3.65. The highest BCUT2D eigenvalue weighted by molar-refractivity contribution is 5.79. The third kappa shape index (κ3) is 4.94. The molecule has 0 spiro atoms. The summed E-state index contributed by atoms with van der Waals surface area (Å²) in [6.45, 7) is 2.41. The monoisotopic (exact) mass is 347 g/mol. The molecule has 8 heteroatoms. The average Bonchev–Trinajstić information content (AvgIpc) is 2.64. The average molecular weight is 347 g/mol. The summed E-state index contributed by atoms with van der Waals surface area (Å²) in [6, 6.07) is 7.57. The van der Waals surface area contributed by atoms with Crippen LogP contribution in [0.2, 0.25) is 0 Å². The molecule has 0 unspecified atom stereocenters. The van der Waals surface area contributed by atoms with Crippen LogP contribution in [0.4, 0.5) is 23.0 Å². The van der Waals surface area contributed by atoms with Crippen molar-refractivity contribution >= 4 is 23.0 Å². The minimum atomic E-state index is 0.459. The molecular weight excluding hydrogens is 322 g/mol. The number of methoxy groups -OCH3 is 3. The summed E-state index contributed by atoms with van der Waals surface area (Å²) < 4.78 is 15.7. The molecule has 0 saturated heterocycles. The Kier molecular flexibility index (Phi) is 7.24. The van der Waals surface area contributed by atoms with Gasteiger partial charge in [0.2, 0.25) is 0 Å². The van der Waals surface area contributed by atoms with Crippen LogP contribution in [0.5, 0.6) is 5.75 Å². The van der Waals surface area contributed by atoms with Crippen LogP contribution in [0.15, 0.2) is 30.6 Å². The van der Waals surface area contributed by atoms with Crippen LogP contribution in [0.3, 0.4) is 0 Å². The summed E-state index contributed by atoms with van der Waals surface area (Å²) in [6.07, 6.45) is 1.48. The highest BCUT2D eigenvalue weighted by Crippen LogP contribution is 2.32. The van der Waals surface area contributed by atoms with E-state index in [0.717, 1.165) is 5.69 Å². The SMILES string of the molecule is COCCN(CCOC)c1ncnc(Nc2ccccc2OC)c1N. The molecular formula is C17H25N5O3. The number of anilines is 4. The Morgan fingerprint density at radius 2 is 1.72 bits per heavy atom. The molecule has 0 fully saturated rings. The fourth-order valence-electron chi connectivity index (χ4n) is 2.34. The van der Waals surface area contributed by atoms with Gasteiger partial charge in [0.1, 0.15) is 17.8 Å². The van der Waals surface area contributed by atoms with Crippen molar-refractivity contribution in [2.45, 2.75) is 0 Å². The number of ether oxygens (including phenoxy) is 3. The van der Waals surface area contributed by atoms with Crippen LogP contribution in [-0.4, -0.2) is 57.6 Å². The van der Waals surface area contributed by atoms with E-state index in [2.05, 4.69) is 15.3 Å². The quantitative estimate of drug-likeness (QED) is 0.673. The summed E-state index contributed by atoms with van der Waals surface area (Å²) in [5.41, 5.74) is 7.55. The molecule has 2 rings (SSSR count). The van der Waals surface area contributed by atoms with E-state index >= 15 is 0 Å². The van der Waals surface area contributed by atoms with Crippen LogP contribution in [0.1, 0.15) is 0 Å². The van der Waals surface area contributed by atoms with E-state index in [1.54, 1.807) is 21.3 Å². The maximum absolute atomic E-state index is 6.32. The molecule has 0 radical (unpaired) electrons. The van der Waals surface area contributed by atoms with Gasteiger partial charge in [-0.05, 0) is 12.1 Å². The zero-order valence-electron chi connectivity index (χ0n) is 14.9. The summed E-state index contributed by atoms with van der Waals surface area (Å²) >= 11 is 0. The van der Waals surface area contributed by atoms with Crippen LogP contribution < -0.4 is 20.7 Å². The van der Waals surface area contributed by atoms with Crippen molar-refractivity contribution in [2.24, 2.45) is 0 Å². The zero-order valence-corrected chi connectivity index (χ0v) is 14.9. The van der Waals surface area contributed by atoms with Crippen LogP contribution in [-0.2, 0) is 9.47 Å². The highest BCUT2D eigenvalue weighted by Gasteiger charge is 2.16. The van der Waals surface area contributed by atoms with E-state index in [1.807, 2.05) is 29.2 Å². The molecule has 1 aromatic heterocycles. The Morgan fingerprint density at radius 3 is 2.36 bits per heavy atom. The Morgan fingerprint density at radius 1 is 1.04 bits per heavy atom. The first-order valence-electron chi connectivity index (χ1n) is 7.94. The van der Waals surface area contributed by atoms with E-state index in [1.165, 1.54) is 6.33 Å². The van der Waals surface area contributed by atoms with Crippen molar-refractivity contribution in [1.82, 2.24) is 9.97 Å². The number of nitrogen functional groups attached to an aromatic ring is 1. The van der Waals surface area contributed by atoms with E-state index < -0.39 is 0 Å². The number of benzene rings is 1. The van der Waals surface area contributed by atoms with Crippen molar-refractivity contribution in [2.75, 3.05) is 63.6 Å². The number of nitrogens with two attached hydrogens (primary N) is 1. The van der Waals surface area contributed by atoms with E-state index in [4.69, 9.17) is 19.9 Å². The van der Waals surface area contributed by atoms with Gasteiger partial charge in [-0.25, -0.2) is 9.97 Å². The molecule has 8 nitrogen and oxygen atoms in total. The number of nitrogens with zero attached hydrogens (tertiary/aromatic N) is 3. The van der Waals surface area contributed by atoms with Gasteiger partial charge < -0.3 is 30.2 Å². The Labute approximate surface area is 147 Å². The van der Waals surface area contributed by atoms with Gasteiger partial charge in [-0.15, -0.1) is 0 Å². The summed E-state index contributed by atoms with van der Waals surface area (Å²) in [5, 5.41) is 3.21. The molecule has 0 aliphatic carbocycles. The molecule has 0 saturated carbocycles. The van der Waals surface area contributed by atoms with Gasteiger partial charge in [-0.1, -0.05) is 12.1 Å². The van der Waals surface area contributed by atoms with Crippen molar-refractivity contribution in [3.63, 3.8) is 0 Å². The fraction of sp³-hybridized carbons (Fsp3) is 0.412. The minimum Gasteiger partial charge on any atom is -0.495 e. The van der Waals surface area contributed by atoms with Gasteiger partial charge in [0, 0.05) is 27.3 Å². The second-order valence-electron chi connectivity index (χ2n) is 5.26. The molecule has 0 bridgehead atoms. The smallest absolute Gasteiger partial charge is 0.159 e. The van der Waals surface area contributed by atoms with Crippen LogP contribution in [0, 0.1) is 0 Å². The molecule has 1 aromatic carbocycles. The van der Waals surface area contributed by atoms with Gasteiger partial charge in [-0.2, -0.15) is 0 Å². The molecule has 136 valence electrons. The third-order valence-corrected chi connectivity index (χ3v) is 3.65. The summed E-state index contributed by atoms with van der Waals surface area (Å²) in [4.78, 5) is 10.6. The van der Waals surface area contributed by atoms with Crippen LogP contribution in [0.25, 0.3) is 0 Å². The number of aromatic nitrogens is 2. The van der Waals surface area contributed by atoms with E-state index in [-0.39, 0.29) is 0 Å². The molecule has 3 N–H and O–H groups in total. The van der Waals surface area contributed by atoms with Gasteiger partial charge in [0.25, 0.3) is 0 Å². The van der Waals surface area contributed by atoms with Gasteiger partial charge in [0.05, 0.1) is 26.0 Å². The molecule has 25 heavy (non-hydrogen) atoms. The summed E-state index contributed by atoms with van der Waals surface area (Å²) in [7, 11) is 4.94. The standard InChI is InChI=1S/C17H25N5O3/c1-23-10-8-22(9-11-24-2)17-15(18)16(19-12-20-17)21-13-6-4-5-7-14(13)25-3/h4-7,12H,8-11,18H2,1-3H3,(H,19,20,21). The molecule has 0 aliphatic rings. The second-order valence-corrected chi connectivity index (χ2v) is 5.26. The number of hydrogen-bond donors (Lipinski definition) is 2. The van der Waals surface area contributed by atoms with Crippen molar-refractivity contribution in [1.29, 1.82) is 0 Å². The van der Waals surface area contributed by atoms with E-state index in [9.17, 15) is 0 Å². The molecule has 2 aromatic rings. The number of rotatable bonds is 10. The number of hydrogen-bond acceptors (Lipinski definition) is 8. The topological polar surface area (TPSA) is 94.8 Å². The highest BCUT2D eigenvalue weighted by atomic mass is 16.5. The molecule has 0 aliphatic heterocycles. The maximum Gasteiger partial charge on any atom is 0.159 e. The number of nitrogens with one attached hydrogen (secondary N) is 1. The number of para-hydroxylation sites is 2. The van der Waals surface area contributed by atoms with Crippen LogP contribution >= 0.6 is 0 Å². The summed E-state index contributed by atoms with van der Waals surface area (Å²) in [5.74, 6) is 1.87. The fourth-order valence-corrected chi connectivity index (χ4v) is 2.34. The predicted molar refractivity (Wildman–Crippen MR) is 98.7 cm³/mol. The first kappa shape index (κ1) is 18.8. The lowest BCUT2D eigenvalue weighted by Crippen LogP contribution is -2.32. The van der Waals surface area contributed by atoms with Gasteiger partial charge in [-0.3, -0.25) is 0 Å². The lowest BCUT2D eigenvalue weighted by molar-refractivity contribution is 0.190. The van der Waals surface area contributed by atoms with E-state index in [0.29, 0.717) is 49.4 Å². The Hall–Kier alpha value is -2.58. The van der Waals surface area contributed by atoms with Gasteiger partial charge in [0.15, 0.2) is 11.6 Å². The minimum absolute atomic E-state index is 0.459. The Bertz CT molecular complexity index is 660. The normalized spacial score (nSPS) is 10.5. The first-order chi connectivity index (χ1) is 12.2. The van der Waals surface area contributed by atoms with Crippen molar-refractivity contribution in [3.05, 3.63) is 30.6 Å². The second kappa shape index (κ2) is 9.65. The Balaban J connectivity index is 2.27. The lowest BCUT2D eigenvalue weighted by atomic mass is 10.3. The van der Waals surface area contributed by atoms with Crippen molar-refractivity contribution < 1.29 is 14.2 Å². The first-order valence-corrected chi connectivity index (χ1v) is 7.94. The largest absolute Gasteiger partial charge is 0.495 e. The van der Waals surface area contributed by atoms with Gasteiger partial charge >= 0.3 is 0 Å². The maximum atomic E-state index is 6.32. The molecule has 0 atom stereocenters. The lowest BCUT2D eigenvalue weighted by Gasteiger charge is -2.25. The zero-order chi connectivity index (χ0) is 18.1. The van der Waals surface area contributed by atoms with Crippen molar-refractivity contribution in [3.8, 4) is 5.75 Å². The molecule has 1 heterocycles. The predicted octanol–water partition coefficient (Wildman–Crippen LogP) is 1.91.